The van der Waals surface area contributed by atoms with E-state index in [0.717, 1.165) is 10.9 Å². The summed E-state index contributed by atoms with van der Waals surface area (Å²) >= 11 is 3.49. The summed E-state index contributed by atoms with van der Waals surface area (Å²) in [5.41, 5.74) is 0.885. The number of halogens is 1. The molecule has 160 valence electrons. The van der Waals surface area contributed by atoms with Crippen LogP contribution in [0.1, 0.15) is 36.7 Å². The molecule has 0 fully saturated rings. The maximum Gasteiger partial charge on any atom is 0.263 e. The first-order chi connectivity index (χ1) is 15.0. The number of methoxy groups -OCH3 is 1. The van der Waals surface area contributed by atoms with Crippen LogP contribution in [0, 0.1) is 0 Å². The van der Waals surface area contributed by atoms with Crippen LogP contribution in [-0.4, -0.2) is 54.9 Å². The Balaban J connectivity index is 1.59. The minimum atomic E-state index is -0.391. The van der Waals surface area contributed by atoms with Gasteiger partial charge in [-0.05, 0) is 38.5 Å². The Kier molecular flexibility index (Phi) is 5.94. The fourth-order valence-corrected chi connectivity index (χ4v) is 3.45. The fraction of sp³-hybridized carbons (Fsp3) is 0.300. The summed E-state index contributed by atoms with van der Waals surface area (Å²) in [5, 5.41) is 15.3. The van der Waals surface area contributed by atoms with Crippen molar-refractivity contribution in [3.63, 3.8) is 0 Å². The molecule has 11 heteroatoms. The van der Waals surface area contributed by atoms with E-state index in [9.17, 15) is 4.79 Å². The minimum absolute atomic E-state index is 0.178. The number of dihydropyridines is 1. The number of carbonyl (C=O) groups is 1. The van der Waals surface area contributed by atoms with E-state index in [1.165, 1.54) is 11.8 Å². The number of hydrogen-bond donors (Lipinski definition) is 1. The summed E-state index contributed by atoms with van der Waals surface area (Å²) in [6.45, 7) is 4.72. The highest BCUT2D eigenvalue weighted by molar-refractivity contribution is 9.11. The Hall–Kier alpha value is -3.34. The third-order valence-electron chi connectivity index (χ3n) is 4.61. The molecule has 31 heavy (non-hydrogen) atoms. The highest BCUT2D eigenvalue weighted by Crippen LogP contribution is 2.22. The normalized spacial score (nSPS) is 13.7. The van der Waals surface area contributed by atoms with Crippen molar-refractivity contribution in [1.29, 1.82) is 0 Å². The van der Waals surface area contributed by atoms with Gasteiger partial charge in [0.05, 0.1) is 7.11 Å². The molecule has 0 bridgehead atoms. The SMILES string of the molecule is COc1nn(C2=NCCC(Br)=C2)cc1C(=O)Nc1cccc(-c2nncn2C(C)C)n1. The first-order valence-corrected chi connectivity index (χ1v) is 10.5. The van der Waals surface area contributed by atoms with Crippen LogP contribution in [0.3, 0.4) is 0 Å². The molecule has 10 nitrogen and oxygen atoms in total. The molecule has 3 aromatic rings. The van der Waals surface area contributed by atoms with Gasteiger partial charge in [0.25, 0.3) is 5.91 Å². The standard InChI is InChI=1S/C20H21BrN8O2/c1-12(2)28-11-23-26-18(28)15-5-4-6-16(24-15)25-19(30)14-10-29(27-20(14)31-3)17-9-13(21)7-8-22-17/h4-6,9-12H,7-8H2,1-3H3,(H,24,25,30). The van der Waals surface area contributed by atoms with Gasteiger partial charge in [0.15, 0.2) is 5.82 Å². The number of allylic oxidation sites excluding steroid dienone is 1. The summed E-state index contributed by atoms with van der Waals surface area (Å²) in [4.78, 5) is 21.9. The third kappa shape index (κ3) is 4.41. The second-order valence-electron chi connectivity index (χ2n) is 7.10. The number of aromatic nitrogens is 6. The van der Waals surface area contributed by atoms with Crippen LogP contribution in [0.25, 0.3) is 11.5 Å². The molecule has 0 spiro atoms. The molecule has 1 aliphatic heterocycles. The Labute approximate surface area is 187 Å². The van der Waals surface area contributed by atoms with E-state index in [0.29, 0.717) is 29.7 Å². The van der Waals surface area contributed by atoms with Gasteiger partial charge in [0, 0.05) is 23.3 Å². The van der Waals surface area contributed by atoms with E-state index in [4.69, 9.17) is 4.74 Å². The van der Waals surface area contributed by atoms with Crippen molar-refractivity contribution in [3.05, 3.63) is 46.8 Å². The smallest absolute Gasteiger partial charge is 0.263 e. The molecule has 4 heterocycles. The molecule has 1 aliphatic rings. The number of amides is 1. The first kappa shape index (κ1) is 20.9. The minimum Gasteiger partial charge on any atom is -0.479 e. The summed E-state index contributed by atoms with van der Waals surface area (Å²) in [7, 11) is 1.47. The van der Waals surface area contributed by atoms with Gasteiger partial charge in [-0.2, -0.15) is 0 Å². The number of carbonyl (C=O) groups excluding carboxylic acids is 1. The average molecular weight is 485 g/mol. The second-order valence-corrected chi connectivity index (χ2v) is 8.11. The van der Waals surface area contributed by atoms with Gasteiger partial charge < -0.3 is 14.6 Å². The van der Waals surface area contributed by atoms with Crippen molar-refractivity contribution >= 4 is 33.5 Å². The lowest BCUT2D eigenvalue weighted by Gasteiger charge is -2.10. The summed E-state index contributed by atoms with van der Waals surface area (Å²) in [6, 6.07) is 5.51. The number of anilines is 1. The zero-order valence-electron chi connectivity index (χ0n) is 17.3. The molecule has 0 aliphatic carbocycles. The average Bonchev–Trinajstić information content (AvgIpc) is 3.41. The van der Waals surface area contributed by atoms with Crippen LogP contribution in [0.2, 0.25) is 0 Å². The van der Waals surface area contributed by atoms with Crippen LogP contribution in [0.4, 0.5) is 5.82 Å². The third-order valence-corrected chi connectivity index (χ3v) is 5.24. The quantitative estimate of drug-likeness (QED) is 0.594. The monoisotopic (exact) mass is 484 g/mol. The van der Waals surface area contributed by atoms with E-state index >= 15 is 0 Å². The number of ether oxygens (including phenoxy) is 1. The topological polar surface area (TPSA) is 112 Å². The molecule has 0 unspecified atom stereocenters. The van der Waals surface area contributed by atoms with Gasteiger partial charge in [-0.25, -0.2) is 9.67 Å². The summed E-state index contributed by atoms with van der Waals surface area (Å²) in [6.07, 6.45) is 5.96. The summed E-state index contributed by atoms with van der Waals surface area (Å²) in [5.74, 6) is 1.45. The summed E-state index contributed by atoms with van der Waals surface area (Å²) < 4.78 is 9.77. The Morgan fingerprint density at radius 2 is 2.16 bits per heavy atom. The number of rotatable bonds is 5. The molecule has 0 aromatic carbocycles. The van der Waals surface area contributed by atoms with E-state index in [1.54, 1.807) is 24.7 Å². The lowest BCUT2D eigenvalue weighted by Crippen LogP contribution is -2.15. The Morgan fingerprint density at radius 1 is 1.32 bits per heavy atom. The molecule has 0 saturated heterocycles. The maximum atomic E-state index is 12.9. The zero-order chi connectivity index (χ0) is 22.0. The van der Waals surface area contributed by atoms with Crippen LogP contribution in [0.15, 0.2) is 46.3 Å². The number of pyridine rings is 1. The van der Waals surface area contributed by atoms with Gasteiger partial charge in [-0.3, -0.25) is 9.79 Å². The van der Waals surface area contributed by atoms with E-state index in [1.807, 2.05) is 30.6 Å². The van der Waals surface area contributed by atoms with Crippen molar-refractivity contribution in [2.75, 3.05) is 19.0 Å². The van der Waals surface area contributed by atoms with Crippen LogP contribution in [-0.2, 0) is 0 Å². The fourth-order valence-electron chi connectivity index (χ4n) is 3.07. The lowest BCUT2D eigenvalue weighted by molar-refractivity contribution is 0.102. The molecular formula is C20H21BrN8O2. The Morgan fingerprint density at radius 3 is 2.90 bits per heavy atom. The van der Waals surface area contributed by atoms with Crippen LogP contribution in [0.5, 0.6) is 5.88 Å². The zero-order valence-corrected chi connectivity index (χ0v) is 18.9. The molecule has 1 N–H and O–H groups in total. The van der Waals surface area contributed by atoms with Crippen molar-refractivity contribution in [3.8, 4) is 17.4 Å². The number of nitrogens with one attached hydrogen (secondary N) is 1. The molecule has 0 radical (unpaired) electrons. The number of nitrogens with zero attached hydrogens (tertiary/aromatic N) is 7. The highest BCUT2D eigenvalue weighted by Gasteiger charge is 2.21. The molecule has 4 rings (SSSR count). The lowest BCUT2D eigenvalue weighted by atomic mass is 10.3. The number of aliphatic imine (C=N–C) groups is 1. The van der Waals surface area contributed by atoms with Crippen LogP contribution >= 0.6 is 15.9 Å². The predicted molar refractivity (Wildman–Crippen MR) is 120 cm³/mol. The Bertz CT molecular complexity index is 1180. The van der Waals surface area contributed by atoms with E-state index < -0.39 is 5.91 Å². The molecule has 0 atom stereocenters. The van der Waals surface area contributed by atoms with Crippen molar-refractivity contribution < 1.29 is 9.53 Å². The molecule has 1 amide bonds. The van der Waals surface area contributed by atoms with Gasteiger partial charge >= 0.3 is 0 Å². The van der Waals surface area contributed by atoms with Crippen molar-refractivity contribution in [2.24, 2.45) is 4.99 Å². The van der Waals surface area contributed by atoms with E-state index in [2.05, 4.69) is 46.5 Å². The van der Waals surface area contributed by atoms with Gasteiger partial charge in [-0.1, -0.05) is 22.0 Å². The first-order valence-electron chi connectivity index (χ1n) is 9.69. The van der Waals surface area contributed by atoms with E-state index in [-0.39, 0.29) is 17.5 Å². The highest BCUT2D eigenvalue weighted by atomic mass is 79.9. The second kappa shape index (κ2) is 8.80. The van der Waals surface area contributed by atoms with Gasteiger partial charge in [0.1, 0.15) is 29.2 Å². The molecular weight excluding hydrogens is 464 g/mol. The van der Waals surface area contributed by atoms with Gasteiger partial charge in [-0.15, -0.1) is 15.3 Å². The maximum absolute atomic E-state index is 12.9. The molecule has 3 aromatic heterocycles. The van der Waals surface area contributed by atoms with Gasteiger partial charge in [0.2, 0.25) is 5.88 Å². The largest absolute Gasteiger partial charge is 0.479 e. The van der Waals surface area contributed by atoms with Crippen molar-refractivity contribution in [1.82, 2.24) is 29.5 Å². The van der Waals surface area contributed by atoms with Crippen molar-refractivity contribution in [2.45, 2.75) is 26.3 Å². The number of hydrogen-bond acceptors (Lipinski definition) is 7. The molecule has 0 saturated carbocycles. The predicted octanol–water partition coefficient (Wildman–Crippen LogP) is 3.31. The van der Waals surface area contributed by atoms with Crippen LogP contribution < -0.4 is 10.1 Å².